The Bertz CT molecular complexity index is 905. The Labute approximate surface area is 195 Å². The van der Waals surface area contributed by atoms with Crippen LogP contribution in [-0.2, 0) is 9.59 Å². The number of benzene rings is 1. The lowest BCUT2D eigenvalue weighted by Crippen LogP contribution is -2.57. The second-order valence-electron chi connectivity index (χ2n) is 8.35. The summed E-state index contributed by atoms with van der Waals surface area (Å²) in [5, 5.41) is 7.49. The fraction of sp³-hybridized carbons (Fsp3) is 0.458. The van der Waals surface area contributed by atoms with E-state index in [1.165, 1.54) is 0 Å². The smallest absolute Gasteiger partial charge is 0.230 e. The number of halogens is 1. The molecular weight excluding hydrogens is 428 g/mol. The van der Waals surface area contributed by atoms with E-state index in [4.69, 9.17) is 22.4 Å². The number of aromatic nitrogens is 1. The van der Waals surface area contributed by atoms with Crippen LogP contribution in [0.25, 0.3) is 0 Å². The molecule has 2 atom stereocenters. The van der Waals surface area contributed by atoms with Gasteiger partial charge in [-0.2, -0.15) is 0 Å². The lowest BCUT2D eigenvalue weighted by Gasteiger charge is -2.48. The highest BCUT2D eigenvalue weighted by Crippen LogP contribution is 2.36. The third-order valence-corrected chi connectivity index (χ3v) is 5.72. The lowest BCUT2D eigenvalue weighted by molar-refractivity contribution is -0.136. The van der Waals surface area contributed by atoms with Gasteiger partial charge in [0.25, 0.3) is 0 Å². The minimum absolute atomic E-state index is 0.0315. The Morgan fingerprint density at radius 3 is 2.50 bits per heavy atom. The first-order chi connectivity index (χ1) is 15.3. The number of aryl methyl sites for hydroxylation is 1. The number of rotatable bonds is 6. The normalized spacial score (nSPS) is 18.2. The Balaban J connectivity index is 0.00000176. The molecule has 0 saturated carbocycles. The SMILES string of the molecule is CO.Cc1ccc(C2CN(C(=O)CC=O)C(CC(C)C)CN2c2ncc(Cl)cc2N)cc1. The number of aliphatic hydroxyl groups excluding tert-OH is 1. The predicted octanol–water partition coefficient (Wildman–Crippen LogP) is 3.63. The Morgan fingerprint density at radius 1 is 1.28 bits per heavy atom. The van der Waals surface area contributed by atoms with Crippen molar-refractivity contribution in [3.63, 3.8) is 0 Å². The number of anilines is 2. The molecular formula is C24H33ClN4O3. The lowest BCUT2D eigenvalue weighted by atomic mass is 9.93. The van der Waals surface area contributed by atoms with Gasteiger partial charge in [-0.05, 0) is 30.9 Å². The number of nitrogen functional groups attached to an aromatic ring is 1. The Kier molecular flexibility index (Phi) is 9.47. The largest absolute Gasteiger partial charge is 0.400 e. The van der Waals surface area contributed by atoms with Gasteiger partial charge in [-0.15, -0.1) is 0 Å². The van der Waals surface area contributed by atoms with Gasteiger partial charge in [0, 0.05) is 32.4 Å². The maximum Gasteiger partial charge on any atom is 0.230 e. The van der Waals surface area contributed by atoms with Crippen LogP contribution in [0.2, 0.25) is 5.02 Å². The van der Waals surface area contributed by atoms with E-state index in [1.54, 1.807) is 12.3 Å². The first kappa shape index (κ1) is 25.6. The molecule has 0 radical (unpaired) electrons. The van der Waals surface area contributed by atoms with Gasteiger partial charge in [-0.1, -0.05) is 55.3 Å². The van der Waals surface area contributed by atoms with Crippen LogP contribution in [0.15, 0.2) is 36.5 Å². The second-order valence-corrected chi connectivity index (χ2v) is 8.78. The summed E-state index contributed by atoms with van der Waals surface area (Å²) in [6, 6.07) is 9.82. The number of carbonyl (C=O) groups is 2. The van der Waals surface area contributed by atoms with Crippen molar-refractivity contribution in [2.45, 2.75) is 45.7 Å². The van der Waals surface area contributed by atoms with Crippen molar-refractivity contribution in [2.24, 2.45) is 5.92 Å². The second kappa shape index (κ2) is 11.8. The molecule has 1 fully saturated rings. The molecule has 0 bridgehead atoms. The number of nitrogens with zero attached hydrogens (tertiary/aromatic N) is 3. The van der Waals surface area contributed by atoms with E-state index in [-0.39, 0.29) is 24.4 Å². The Hall–Kier alpha value is -2.64. The quantitative estimate of drug-likeness (QED) is 0.504. The van der Waals surface area contributed by atoms with Crippen molar-refractivity contribution in [1.29, 1.82) is 0 Å². The van der Waals surface area contributed by atoms with Crippen LogP contribution in [-0.4, -0.2) is 53.4 Å². The molecule has 2 unspecified atom stereocenters. The van der Waals surface area contributed by atoms with Crippen LogP contribution in [0, 0.1) is 12.8 Å². The molecule has 0 aliphatic carbocycles. The van der Waals surface area contributed by atoms with Crippen molar-refractivity contribution in [2.75, 3.05) is 30.8 Å². The van der Waals surface area contributed by atoms with E-state index in [0.717, 1.165) is 24.7 Å². The van der Waals surface area contributed by atoms with Crippen molar-refractivity contribution in [1.82, 2.24) is 9.88 Å². The highest BCUT2D eigenvalue weighted by atomic mass is 35.5. The maximum atomic E-state index is 12.8. The van der Waals surface area contributed by atoms with E-state index < -0.39 is 0 Å². The van der Waals surface area contributed by atoms with Crippen LogP contribution >= 0.6 is 11.6 Å². The molecule has 3 rings (SSSR count). The molecule has 1 aliphatic heterocycles. The number of amides is 1. The summed E-state index contributed by atoms with van der Waals surface area (Å²) in [5.74, 6) is 0.931. The van der Waals surface area contributed by atoms with E-state index in [9.17, 15) is 9.59 Å². The number of nitrogens with two attached hydrogens (primary N) is 1. The van der Waals surface area contributed by atoms with E-state index in [1.807, 2.05) is 11.8 Å². The summed E-state index contributed by atoms with van der Waals surface area (Å²) in [7, 11) is 1.00. The summed E-state index contributed by atoms with van der Waals surface area (Å²) >= 11 is 6.08. The number of piperazine rings is 1. The summed E-state index contributed by atoms with van der Waals surface area (Å²) in [4.78, 5) is 32.4. The summed E-state index contributed by atoms with van der Waals surface area (Å²) in [6.07, 6.45) is 3.01. The molecule has 174 valence electrons. The zero-order valence-electron chi connectivity index (χ0n) is 19.2. The summed E-state index contributed by atoms with van der Waals surface area (Å²) in [5.41, 5.74) is 9.04. The molecule has 1 aromatic heterocycles. The minimum Gasteiger partial charge on any atom is -0.400 e. The average molecular weight is 461 g/mol. The zero-order valence-corrected chi connectivity index (χ0v) is 19.9. The van der Waals surface area contributed by atoms with Gasteiger partial charge in [-0.3, -0.25) is 4.79 Å². The number of hydrogen-bond acceptors (Lipinski definition) is 6. The van der Waals surface area contributed by atoms with Gasteiger partial charge >= 0.3 is 0 Å². The van der Waals surface area contributed by atoms with Crippen LogP contribution in [0.4, 0.5) is 11.5 Å². The van der Waals surface area contributed by atoms with Crippen molar-refractivity contribution in [3.8, 4) is 0 Å². The number of aliphatic hydroxyl groups is 1. The topological polar surface area (TPSA) is 99.8 Å². The Morgan fingerprint density at radius 2 is 1.94 bits per heavy atom. The van der Waals surface area contributed by atoms with Crippen LogP contribution in [0.5, 0.6) is 0 Å². The van der Waals surface area contributed by atoms with Crippen molar-refractivity contribution >= 4 is 35.3 Å². The van der Waals surface area contributed by atoms with Crippen molar-refractivity contribution < 1.29 is 14.7 Å². The first-order valence-electron chi connectivity index (χ1n) is 10.7. The molecule has 1 aliphatic rings. The molecule has 8 heteroatoms. The maximum absolute atomic E-state index is 12.8. The van der Waals surface area contributed by atoms with Gasteiger partial charge < -0.3 is 25.4 Å². The van der Waals surface area contributed by atoms with Gasteiger partial charge in [0.05, 0.1) is 23.2 Å². The molecule has 3 N–H and O–H groups in total. The highest BCUT2D eigenvalue weighted by Gasteiger charge is 2.38. The van der Waals surface area contributed by atoms with E-state index >= 15 is 0 Å². The monoisotopic (exact) mass is 460 g/mol. The fourth-order valence-electron chi connectivity index (χ4n) is 4.12. The molecule has 0 spiro atoms. The molecule has 32 heavy (non-hydrogen) atoms. The van der Waals surface area contributed by atoms with Gasteiger partial charge in [0.2, 0.25) is 5.91 Å². The van der Waals surface area contributed by atoms with Gasteiger partial charge in [0.1, 0.15) is 6.29 Å². The van der Waals surface area contributed by atoms with Gasteiger partial charge in [0.15, 0.2) is 5.82 Å². The van der Waals surface area contributed by atoms with Crippen molar-refractivity contribution in [3.05, 3.63) is 52.7 Å². The number of hydrogen-bond donors (Lipinski definition) is 2. The molecule has 2 heterocycles. The van der Waals surface area contributed by atoms with Gasteiger partial charge in [-0.25, -0.2) is 4.98 Å². The van der Waals surface area contributed by atoms with Crippen LogP contribution < -0.4 is 10.6 Å². The average Bonchev–Trinajstić information content (AvgIpc) is 2.75. The first-order valence-corrected chi connectivity index (χ1v) is 11.1. The standard InChI is InChI=1S/C23H29ClN4O2.CH4O/c1-15(2)10-19-13-28(23-20(25)11-18(24)12-26-23)21(14-27(19)22(30)8-9-29)17-6-4-16(3)5-7-17;1-2/h4-7,9,11-12,15,19,21H,8,10,13-14,25H2,1-3H3;2H,1H3. The molecule has 7 nitrogen and oxygen atoms in total. The molecule has 2 aromatic rings. The molecule has 1 aromatic carbocycles. The summed E-state index contributed by atoms with van der Waals surface area (Å²) < 4.78 is 0. The molecule has 1 amide bonds. The number of aldehydes is 1. The molecule has 1 saturated heterocycles. The zero-order chi connectivity index (χ0) is 23.8. The summed E-state index contributed by atoms with van der Waals surface area (Å²) in [6.45, 7) is 7.36. The van der Waals surface area contributed by atoms with Crippen LogP contribution in [0.3, 0.4) is 0 Å². The van der Waals surface area contributed by atoms with E-state index in [2.05, 4.69) is 48.0 Å². The fourth-order valence-corrected chi connectivity index (χ4v) is 4.29. The predicted molar refractivity (Wildman–Crippen MR) is 129 cm³/mol. The van der Waals surface area contributed by atoms with E-state index in [0.29, 0.717) is 41.8 Å². The third-order valence-electron chi connectivity index (χ3n) is 5.51. The minimum atomic E-state index is -0.135. The number of pyridine rings is 1. The number of carbonyl (C=O) groups excluding carboxylic acids is 2. The van der Waals surface area contributed by atoms with Crippen LogP contribution in [0.1, 0.15) is 43.9 Å². The third kappa shape index (κ3) is 6.20. The highest BCUT2D eigenvalue weighted by molar-refractivity contribution is 6.30.